The SMILES string of the molecule is CC(C)c1ccc(S(=O)(=O)c2ccc(F)cc2)cc1S(=O)(=O)NC1CCN(C(=S)NC(=O)O)CC1. The second kappa shape index (κ2) is 10.6. The molecular weight excluding hydrogens is 517 g/mol. The molecule has 1 amide bonds. The number of thiocarbonyl (C=S) groups is 1. The second-order valence-corrected chi connectivity index (χ2v) is 12.4. The number of hydrogen-bond donors (Lipinski definition) is 3. The third-order valence-corrected chi connectivity index (χ3v) is 9.35. The van der Waals surface area contributed by atoms with Gasteiger partial charge in [-0.05, 0) is 72.9 Å². The zero-order chi connectivity index (χ0) is 26.0. The molecule has 3 rings (SSSR count). The monoisotopic (exact) mass is 543 g/mol. The van der Waals surface area contributed by atoms with Crippen molar-refractivity contribution in [2.75, 3.05) is 13.1 Å². The molecule has 0 radical (unpaired) electrons. The summed E-state index contributed by atoms with van der Waals surface area (Å²) in [5, 5.41) is 11.0. The molecule has 1 aliphatic heterocycles. The van der Waals surface area contributed by atoms with E-state index >= 15 is 0 Å². The zero-order valence-electron chi connectivity index (χ0n) is 19.1. The van der Waals surface area contributed by atoms with Gasteiger partial charge in [-0.15, -0.1) is 0 Å². The van der Waals surface area contributed by atoms with Gasteiger partial charge in [-0.1, -0.05) is 19.9 Å². The highest BCUT2D eigenvalue weighted by atomic mass is 32.2. The van der Waals surface area contributed by atoms with Gasteiger partial charge in [0.15, 0.2) is 5.11 Å². The molecule has 3 N–H and O–H groups in total. The number of nitrogens with zero attached hydrogens (tertiary/aromatic N) is 1. The molecule has 0 atom stereocenters. The highest BCUT2D eigenvalue weighted by Crippen LogP contribution is 2.30. The van der Waals surface area contributed by atoms with E-state index in [4.69, 9.17) is 17.3 Å². The van der Waals surface area contributed by atoms with Crippen LogP contribution in [0.1, 0.15) is 38.2 Å². The Kier molecular flexibility index (Phi) is 8.14. The Balaban J connectivity index is 1.86. The number of carbonyl (C=O) groups is 1. The Labute approximate surface area is 209 Å². The van der Waals surface area contributed by atoms with Crippen LogP contribution in [-0.4, -0.2) is 57.2 Å². The molecule has 1 saturated heterocycles. The van der Waals surface area contributed by atoms with Gasteiger partial charge in [-0.2, -0.15) is 0 Å². The number of rotatable bonds is 6. The Morgan fingerprint density at radius 3 is 2.17 bits per heavy atom. The van der Waals surface area contributed by atoms with Crippen molar-refractivity contribution in [1.82, 2.24) is 14.9 Å². The van der Waals surface area contributed by atoms with Crippen molar-refractivity contribution in [3.05, 3.63) is 53.8 Å². The van der Waals surface area contributed by atoms with Crippen LogP contribution in [-0.2, 0) is 19.9 Å². The standard InChI is InChI=1S/C22H26FN3O6S3/c1-14(2)19-8-7-18(34(29,30)17-5-3-15(23)4-6-17)13-20(19)35(31,32)25-16-9-11-26(12-10-16)21(33)24-22(27)28/h3-8,13-14,16,25H,9-12H2,1-2H3,(H,24,33)(H,27,28). The van der Waals surface area contributed by atoms with Gasteiger partial charge < -0.3 is 10.0 Å². The molecule has 1 heterocycles. The fraction of sp³-hybridized carbons (Fsp3) is 0.364. The number of amides is 1. The summed E-state index contributed by atoms with van der Waals surface area (Å²) < 4.78 is 68.8. The maximum Gasteiger partial charge on any atom is 0.410 e. The van der Waals surface area contributed by atoms with Crippen molar-refractivity contribution in [1.29, 1.82) is 0 Å². The number of nitrogens with one attached hydrogen (secondary N) is 2. The molecular formula is C22H26FN3O6S3. The van der Waals surface area contributed by atoms with Gasteiger partial charge in [-0.3, -0.25) is 5.32 Å². The Morgan fingerprint density at radius 2 is 1.63 bits per heavy atom. The van der Waals surface area contributed by atoms with Crippen LogP contribution in [0.15, 0.2) is 57.2 Å². The van der Waals surface area contributed by atoms with Gasteiger partial charge in [0.25, 0.3) is 0 Å². The van der Waals surface area contributed by atoms with Crippen LogP contribution < -0.4 is 10.0 Å². The molecule has 2 aromatic carbocycles. The quantitative estimate of drug-likeness (QED) is 0.374. The molecule has 13 heteroatoms. The van der Waals surface area contributed by atoms with Crippen molar-refractivity contribution in [2.24, 2.45) is 0 Å². The molecule has 1 fully saturated rings. The van der Waals surface area contributed by atoms with Gasteiger partial charge in [0.2, 0.25) is 19.9 Å². The normalized spacial score (nSPS) is 15.3. The Morgan fingerprint density at radius 1 is 1.06 bits per heavy atom. The van der Waals surface area contributed by atoms with Crippen molar-refractivity contribution < 1.29 is 31.1 Å². The Bertz CT molecular complexity index is 1320. The molecule has 0 bridgehead atoms. The number of hydrogen-bond acceptors (Lipinski definition) is 6. The van der Waals surface area contributed by atoms with E-state index in [2.05, 4.69) is 10.0 Å². The van der Waals surface area contributed by atoms with E-state index in [0.717, 1.165) is 30.3 Å². The first-order chi connectivity index (χ1) is 16.3. The lowest BCUT2D eigenvalue weighted by atomic mass is 10.0. The van der Waals surface area contributed by atoms with E-state index in [0.29, 0.717) is 31.5 Å². The zero-order valence-corrected chi connectivity index (χ0v) is 21.5. The number of sulfonamides is 1. The molecule has 190 valence electrons. The molecule has 0 spiro atoms. The van der Waals surface area contributed by atoms with Crippen LogP contribution in [0.5, 0.6) is 0 Å². The Hall–Kier alpha value is -2.61. The summed E-state index contributed by atoms with van der Waals surface area (Å²) in [5.74, 6) is -0.789. The minimum absolute atomic E-state index is 0.0552. The first kappa shape index (κ1) is 27.0. The third-order valence-electron chi connectivity index (χ3n) is 5.65. The average Bonchev–Trinajstić information content (AvgIpc) is 2.78. The lowest BCUT2D eigenvalue weighted by Gasteiger charge is -2.33. The number of carboxylic acid groups (broad SMARTS) is 1. The third kappa shape index (κ3) is 6.34. The lowest BCUT2D eigenvalue weighted by molar-refractivity contribution is 0.198. The number of benzene rings is 2. The van der Waals surface area contributed by atoms with Gasteiger partial charge in [0.05, 0.1) is 14.7 Å². The molecule has 0 unspecified atom stereocenters. The van der Waals surface area contributed by atoms with Crippen LogP contribution in [0.4, 0.5) is 9.18 Å². The number of piperidine rings is 1. The second-order valence-electron chi connectivity index (χ2n) is 8.43. The fourth-order valence-corrected chi connectivity index (χ4v) is 7.12. The predicted molar refractivity (Wildman–Crippen MR) is 131 cm³/mol. The minimum atomic E-state index is -4.10. The van der Waals surface area contributed by atoms with Gasteiger partial charge >= 0.3 is 6.09 Å². The van der Waals surface area contributed by atoms with E-state index < -0.39 is 37.8 Å². The molecule has 0 aromatic heterocycles. The van der Waals surface area contributed by atoms with E-state index in [-0.39, 0.29) is 25.7 Å². The predicted octanol–water partition coefficient (Wildman–Crippen LogP) is 3.08. The van der Waals surface area contributed by atoms with Crippen LogP contribution in [0, 0.1) is 5.82 Å². The van der Waals surface area contributed by atoms with E-state index in [9.17, 15) is 26.0 Å². The maximum absolute atomic E-state index is 13.4. The summed E-state index contributed by atoms with van der Waals surface area (Å²) in [6.07, 6.45) is -0.509. The summed E-state index contributed by atoms with van der Waals surface area (Å²) in [6.45, 7) is 4.30. The number of halogens is 1. The molecule has 0 aliphatic carbocycles. The number of sulfone groups is 1. The topological polar surface area (TPSA) is 133 Å². The minimum Gasteiger partial charge on any atom is -0.465 e. The van der Waals surface area contributed by atoms with E-state index in [1.165, 1.54) is 12.1 Å². The van der Waals surface area contributed by atoms with Gasteiger partial charge in [-0.25, -0.2) is 30.7 Å². The maximum atomic E-state index is 13.4. The first-order valence-electron chi connectivity index (χ1n) is 10.8. The van der Waals surface area contributed by atoms with Crippen molar-refractivity contribution >= 4 is 43.3 Å². The van der Waals surface area contributed by atoms with E-state index in [1.807, 2.05) is 0 Å². The molecule has 1 aliphatic rings. The summed E-state index contributed by atoms with van der Waals surface area (Å²) in [5.41, 5.74) is 0.458. The lowest BCUT2D eigenvalue weighted by Crippen LogP contribution is -2.50. The molecule has 35 heavy (non-hydrogen) atoms. The molecule has 2 aromatic rings. The van der Waals surface area contributed by atoms with Crippen LogP contribution in [0.3, 0.4) is 0 Å². The smallest absolute Gasteiger partial charge is 0.410 e. The van der Waals surface area contributed by atoms with Crippen LogP contribution >= 0.6 is 12.2 Å². The molecule has 0 saturated carbocycles. The highest BCUT2D eigenvalue weighted by Gasteiger charge is 2.29. The van der Waals surface area contributed by atoms with Crippen molar-refractivity contribution in [3.8, 4) is 0 Å². The fourth-order valence-electron chi connectivity index (χ4n) is 3.80. The first-order valence-corrected chi connectivity index (χ1v) is 14.1. The van der Waals surface area contributed by atoms with Crippen LogP contribution in [0.25, 0.3) is 0 Å². The van der Waals surface area contributed by atoms with Gasteiger partial charge in [0, 0.05) is 19.1 Å². The summed E-state index contributed by atoms with van der Waals surface area (Å²) >= 11 is 5.04. The van der Waals surface area contributed by atoms with Crippen LogP contribution in [0.2, 0.25) is 0 Å². The largest absolute Gasteiger partial charge is 0.465 e. The van der Waals surface area contributed by atoms with Crippen molar-refractivity contribution in [3.63, 3.8) is 0 Å². The highest BCUT2D eigenvalue weighted by molar-refractivity contribution is 7.91. The summed E-state index contributed by atoms with van der Waals surface area (Å²) in [4.78, 5) is 11.9. The average molecular weight is 544 g/mol. The number of likely N-dealkylation sites (tertiary alicyclic amines) is 1. The van der Waals surface area contributed by atoms with E-state index in [1.54, 1.807) is 18.7 Å². The molecule has 9 nitrogen and oxygen atoms in total. The summed E-state index contributed by atoms with van der Waals surface area (Å²) in [6, 6.07) is 7.84. The van der Waals surface area contributed by atoms with Crippen molar-refractivity contribution in [2.45, 2.75) is 53.3 Å². The van der Waals surface area contributed by atoms with Gasteiger partial charge in [0.1, 0.15) is 5.82 Å². The summed E-state index contributed by atoms with van der Waals surface area (Å²) in [7, 11) is -8.18.